The molecule has 2 N–H and O–H groups in total. The fourth-order valence-corrected chi connectivity index (χ4v) is 2.84. The zero-order valence-electron chi connectivity index (χ0n) is 11.3. The first-order valence-electron chi connectivity index (χ1n) is 7.00. The van der Waals surface area contributed by atoms with Gasteiger partial charge in [-0.25, -0.2) is 4.39 Å². The van der Waals surface area contributed by atoms with Gasteiger partial charge in [0.05, 0.1) is 5.69 Å². The standard InChI is InChI=1S/C14H19FN4O/c15-11-2-4-12(5-3-11)16-17-14(20)13-10-18-6-1-7-19(13)9-8-18/h2-5,13,16H,1,6-10H2,(H,17,20). The lowest BCUT2D eigenvalue weighted by Gasteiger charge is -2.36. The van der Waals surface area contributed by atoms with Crippen LogP contribution in [0.15, 0.2) is 24.3 Å². The van der Waals surface area contributed by atoms with Gasteiger partial charge in [0.2, 0.25) is 0 Å². The van der Waals surface area contributed by atoms with E-state index in [4.69, 9.17) is 0 Å². The smallest absolute Gasteiger partial charge is 0.256 e. The number of nitrogens with one attached hydrogen (secondary N) is 2. The number of benzene rings is 1. The maximum Gasteiger partial charge on any atom is 0.256 e. The lowest BCUT2D eigenvalue weighted by Crippen LogP contribution is -2.57. The van der Waals surface area contributed by atoms with E-state index in [-0.39, 0.29) is 17.8 Å². The van der Waals surface area contributed by atoms with Gasteiger partial charge in [-0.2, -0.15) is 0 Å². The second-order valence-electron chi connectivity index (χ2n) is 5.33. The van der Waals surface area contributed by atoms with Gasteiger partial charge in [0.25, 0.3) is 5.91 Å². The van der Waals surface area contributed by atoms with Crippen molar-refractivity contribution in [3.05, 3.63) is 30.1 Å². The summed E-state index contributed by atoms with van der Waals surface area (Å²) >= 11 is 0. The van der Waals surface area contributed by atoms with Crippen molar-refractivity contribution in [3.8, 4) is 0 Å². The number of hydrazine groups is 1. The highest BCUT2D eigenvalue weighted by atomic mass is 19.1. The van der Waals surface area contributed by atoms with Gasteiger partial charge in [0.15, 0.2) is 0 Å². The number of piperazine rings is 1. The number of halogens is 1. The Morgan fingerprint density at radius 1 is 1.15 bits per heavy atom. The number of nitrogens with zero attached hydrogens (tertiary/aromatic N) is 2. The van der Waals surface area contributed by atoms with Crippen LogP contribution in [0.3, 0.4) is 0 Å². The molecule has 3 fully saturated rings. The Morgan fingerprint density at radius 2 is 1.95 bits per heavy atom. The summed E-state index contributed by atoms with van der Waals surface area (Å²) in [5, 5.41) is 0. The molecule has 3 aliphatic heterocycles. The van der Waals surface area contributed by atoms with Crippen molar-refractivity contribution in [1.82, 2.24) is 15.2 Å². The number of rotatable bonds is 3. The minimum Gasteiger partial charge on any atom is -0.300 e. The zero-order valence-corrected chi connectivity index (χ0v) is 11.3. The monoisotopic (exact) mass is 278 g/mol. The SMILES string of the molecule is O=C(NNc1ccc(F)cc1)C1CN2CCCN1CC2. The van der Waals surface area contributed by atoms with Crippen LogP contribution in [0.2, 0.25) is 0 Å². The summed E-state index contributed by atoms with van der Waals surface area (Å²) in [6.45, 7) is 4.84. The molecule has 3 unspecified atom stereocenters. The molecule has 0 saturated carbocycles. The number of hydrogen-bond acceptors (Lipinski definition) is 4. The highest BCUT2D eigenvalue weighted by molar-refractivity contribution is 5.83. The molecule has 4 rings (SSSR count). The van der Waals surface area contributed by atoms with E-state index in [2.05, 4.69) is 20.7 Å². The third-order valence-electron chi connectivity index (χ3n) is 3.97. The average Bonchev–Trinajstić information content (AvgIpc) is 2.81. The Bertz CT molecular complexity index is 475. The molecule has 2 bridgehead atoms. The third kappa shape index (κ3) is 2.91. The summed E-state index contributed by atoms with van der Waals surface area (Å²) in [4.78, 5) is 16.8. The van der Waals surface area contributed by atoms with Crippen LogP contribution in [0.25, 0.3) is 0 Å². The van der Waals surface area contributed by atoms with E-state index >= 15 is 0 Å². The van der Waals surface area contributed by atoms with Crippen LogP contribution in [0, 0.1) is 5.82 Å². The topological polar surface area (TPSA) is 47.6 Å². The molecule has 6 heteroatoms. The molecule has 0 spiro atoms. The maximum atomic E-state index is 12.8. The molecular formula is C14H19FN4O. The molecular weight excluding hydrogens is 259 g/mol. The number of carbonyl (C=O) groups is 1. The number of hydrogen-bond donors (Lipinski definition) is 2. The van der Waals surface area contributed by atoms with Crippen molar-refractivity contribution >= 4 is 11.6 Å². The molecule has 1 aromatic rings. The number of fused-ring (bicyclic) bond motifs is 4. The summed E-state index contributed by atoms with van der Waals surface area (Å²) in [7, 11) is 0. The lowest BCUT2D eigenvalue weighted by atomic mass is 10.2. The quantitative estimate of drug-likeness (QED) is 0.798. The average molecular weight is 278 g/mol. The molecule has 3 heterocycles. The van der Waals surface area contributed by atoms with Gasteiger partial charge >= 0.3 is 0 Å². The number of anilines is 1. The molecule has 108 valence electrons. The number of amides is 1. The Balaban J connectivity index is 1.57. The molecule has 3 atom stereocenters. The van der Waals surface area contributed by atoms with Crippen LogP contribution in [-0.4, -0.2) is 54.5 Å². The van der Waals surface area contributed by atoms with Gasteiger partial charge in [-0.1, -0.05) is 0 Å². The van der Waals surface area contributed by atoms with Crippen LogP contribution in [0.1, 0.15) is 6.42 Å². The molecule has 20 heavy (non-hydrogen) atoms. The van der Waals surface area contributed by atoms with Crippen LogP contribution in [0.4, 0.5) is 10.1 Å². The molecule has 0 aromatic heterocycles. The molecule has 1 amide bonds. The van der Waals surface area contributed by atoms with Gasteiger partial charge in [0, 0.05) is 26.2 Å². The molecule has 0 aliphatic carbocycles. The van der Waals surface area contributed by atoms with Gasteiger partial charge in [-0.05, 0) is 37.2 Å². The molecule has 5 nitrogen and oxygen atoms in total. The van der Waals surface area contributed by atoms with Crippen LogP contribution >= 0.6 is 0 Å². The van der Waals surface area contributed by atoms with E-state index in [1.165, 1.54) is 12.1 Å². The number of carbonyl (C=O) groups excluding carboxylic acids is 1. The molecule has 3 aliphatic rings. The van der Waals surface area contributed by atoms with Crippen molar-refractivity contribution in [2.24, 2.45) is 0 Å². The van der Waals surface area contributed by atoms with E-state index in [1.54, 1.807) is 12.1 Å². The van der Waals surface area contributed by atoms with Gasteiger partial charge in [-0.3, -0.25) is 25.4 Å². The first-order valence-corrected chi connectivity index (χ1v) is 7.00. The Morgan fingerprint density at radius 3 is 2.75 bits per heavy atom. The van der Waals surface area contributed by atoms with E-state index in [9.17, 15) is 9.18 Å². The second-order valence-corrected chi connectivity index (χ2v) is 5.33. The Kier molecular flexibility index (Phi) is 3.84. The highest BCUT2D eigenvalue weighted by Crippen LogP contribution is 2.15. The van der Waals surface area contributed by atoms with Crippen molar-refractivity contribution < 1.29 is 9.18 Å². The van der Waals surface area contributed by atoms with Crippen molar-refractivity contribution in [1.29, 1.82) is 0 Å². The lowest BCUT2D eigenvalue weighted by molar-refractivity contribution is -0.127. The fourth-order valence-electron chi connectivity index (χ4n) is 2.84. The van der Waals surface area contributed by atoms with Crippen molar-refractivity contribution in [2.45, 2.75) is 12.5 Å². The third-order valence-corrected chi connectivity index (χ3v) is 3.97. The zero-order chi connectivity index (χ0) is 13.9. The Hall–Kier alpha value is -1.66. The van der Waals surface area contributed by atoms with Gasteiger partial charge in [0.1, 0.15) is 11.9 Å². The first kappa shape index (κ1) is 13.3. The summed E-state index contributed by atoms with van der Waals surface area (Å²) in [5.74, 6) is -0.317. The minimum atomic E-state index is -0.290. The van der Waals surface area contributed by atoms with Gasteiger partial charge in [-0.15, -0.1) is 0 Å². The summed E-state index contributed by atoms with van der Waals surface area (Å²) < 4.78 is 12.8. The normalized spacial score (nSPS) is 28.8. The van der Waals surface area contributed by atoms with E-state index < -0.39 is 0 Å². The van der Waals surface area contributed by atoms with Crippen LogP contribution < -0.4 is 10.9 Å². The largest absolute Gasteiger partial charge is 0.300 e. The molecule has 0 radical (unpaired) electrons. The van der Waals surface area contributed by atoms with Gasteiger partial charge < -0.3 is 0 Å². The highest BCUT2D eigenvalue weighted by Gasteiger charge is 2.34. The van der Waals surface area contributed by atoms with Crippen molar-refractivity contribution in [2.75, 3.05) is 38.1 Å². The fraction of sp³-hybridized carbons (Fsp3) is 0.500. The first-order chi connectivity index (χ1) is 9.72. The summed E-state index contributed by atoms with van der Waals surface area (Å²) in [6, 6.07) is 5.81. The minimum absolute atomic E-state index is 0.0269. The van der Waals surface area contributed by atoms with Crippen molar-refractivity contribution in [3.63, 3.8) is 0 Å². The predicted molar refractivity (Wildman–Crippen MR) is 74.6 cm³/mol. The van der Waals surface area contributed by atoms with E-state index in [0.717, 1.165) is 39.1 Å². The second kappa shape index (κ2) is 5.76. The maximum absolute atomic E-state index is 12.8. The molecule has 3 saturated heterocycles. The predicted octanol–water partition coefficient (Wildman–Crippen LogP) is 0.659. The molecule has 1 aromatic carbocycles. The summed E-state index contributed by atoms with van der Waals surface area (Å²) in [6.07, 6.45) is 1.12. The van der Waals surface area contributed by atoms with Crippen LogP contribution in [0.5, 0.6) is 0 Å². The summed E-state index contributed by atoms with van der Waals surface area (Å²) in [5.41, 5.74) is 6.23. The van der Waals surface area contributed by atoms with E-state index in [0.29, 0.717) is 5.69 Å². The van der Waals surface area contributed by atoms with E-state index in [1.807, 2.05) is 0 Å². The van der Waals surface area contributed by atoms with Crippen LogP contribution in [-0.2, 0) is 4.79 Å². The Labute approximate surface area is 117 Å².